The van der Waals surface area contributed by atoms with Crippen molar-refractivity contribution in [2.75, 3.05) is 42.3 Å². The minimum Gasteiger partial charge on any atom is -0.358 e. The molecule has 1 aromatic carbocycles. The van der Waals surface area contributed by atoms with Crippen molar-refractivity contribution in [3.63, 3.8) is 0 Å². The van der Waals surface area contributed by atoms with Crippen LogP contribution in [0.15, 0.2) is 42.6 Å². The summed E-state index contributed by atoms with van der Waals surface area (Å²) in [6, 6.07) is 10.4. The molecular formula is C22H25N5O3. The van der Waals surface area contributed by atoms with Crippen LogP contribution >= 0.6 is 0 Å². The Bertz CT molecular complexity index is 976. The van der Waals surface area contributed by atoms with Crippen LogP contribution in [0.25, 0.3) is 0 Å². The van der Waals surface area contributed by atoms with E-state index < -0.39 is 0 Å². The molecule has 1 saturated heterocycles. The van der Waals surface area contributed by atoms with Gasteiger partial charge in [-0.05, 0) is 49.6 Å². The maximum absolute atomic E-state index is 13.3. The maximum Gasteiger partial charge on any atom is 0.253 e. The molecular weight excluding hydrogens is 382 g/mol. The minimum absolute atomic E-state index is 0.104. The Kier molecular flexibility index (Phi) is 5.39. The molecule has 0 unspecified atom stereocenters. The quantitative estimate of drug-likeness (QED) is 0.839. The Hall–Kier alpha value is -3.42. The van der Waals surface area contributed by atoms with E-state index in [1.54, 1.807) is 50.6 Å². The number of hydrogen-bond acceptors (Lipinski definition) is 5. The van der Waals surface area contributed by atoms with Crippen molar-refractivity contribution in [2.24, 2.45) is 0 Å². The maximum atomic E-state index is 13.3. The first-order valence-electron chi connectivity index (χ1n) is 10.1. The highest BCUT2D eigenvalue weighted by Crippen LogP contribution is 2.40. The van der Waals surface area contributed by atoms with Gasteiger partial charge >= 0.3 is 0 Å². The first-order valence-corrected chi connectivity index (χ1v) is 10.1. The van der Waals surface area contributed by atoms with Crippen LogP contribution in [0.2, 0.25) is 0 Å². The van der Waals surface area contributed by atoms with Crippen LogP contribution in [0.1, 0.15) is 29.6 Å². The number of carbonyl (C=O) groups excluding carboxylic acids is 3. The van der Waals surface area contributed by atoms with Crippen LogP contribution in [-0.4, -0.2) is 60.8 Å². The van der Waals surface area contributed by atoms with Crippen molar-refractivity contribution in [3.05, 3.63) is 48.2 Å². The van der Waals surface area contributed by atoms with E-state index >= 15 is 0 Å². The molecule has 30 heavy (non-hydrogen) atoms. The summed E-state index contributed by atoms with van der Waals surface area (Å²) in [6.45, 7) is 0.657. The third-order valence-corrected chi connectivity index (χ3v) is 5.52. The standard InChI is InChI=1S/C22H25N5O3/c1-25(2)21(29)15-9-10-16-18(13-15)27(22(30)17-7-4-6-12-26(16)17)14-20(28)24-19-8-3-5-11-23-19/h3,5,8-11,13,17H,4,6-7,12,14H2,1-2H3,(H,23,24,28)/t17-/m1/s1. The van der Waals surface area contributed by atoms with Gasteiger partial charge in [-0.15, -0.1) is 0 Å². The van der Waals surface area contributed by atoms with E-state index in [1.807, 2.05) is 6.07 Å². The van der Waals surface area contributed by atoms with E-state index in [4.69, 9.17) is 0 Å². The Labute approximate surface area is 175 Å². The fraction of sp³-hybridized carbons (Fsp3) is 0.364. The topological polar surface area (TPSA) is 85.9 Å². The van der Waals surface area contributed by atoms with Gasteiger partial charge in [0.05, 0.1) is 11.4 Å². The average molecular weight is 407 g/mol. The van der Waals surface area contributed by atoms with Gasteiger partial charge in [0.15, 0.2) is 0 Å². The Morgan fingerprint density at radius 3 is 2.73 bits per heavy atom. The van der Waals surface area contributed by atoms with Crippen molar-refractivity contribution in [1.82, 2.24) is 9.88 Å². The third-order valence-electron chi connectivity index (χ3n) is 5.52. The number of pyridine rings is 1. The van der Waals surface area contributed by atoms with E-state index in [9.17, 15) is 14.4 Å². The number of carbonyl (C=O) groups is 3. The second kappa shape index (κ2) is 8.14. The lowest BCUT2D eigenvalue weighted by Gasteiger charge is -2.45. The largest absolute Gasteiger partial charge is 0.358 e. The monoisotopic (exact) mass is 407 g/mol. The van der Waals surface area contributed by atoms with Crippen molar-refractivity contribution in [3.8, 4) is 0 Å². The number of anilines is 3. The molecule has 2 aromatic rings. The van der Waals surface area contributed by atoms with Crippen molar-refractivity contribution in [1.29, 1.82) is 0 Å². The number of aromatic nitrogens is 1. The van der Waals surface area contributed by atoms with Crippen LogP contribution in [0.4, 0.5) is 17.2 Å². The molecule has 0 aliphatic carbocycles. The molecule has 1 aromatic heterocycles. The van der Waals surface area contributed by atoms with Gasteiger partial charge < -0.3 is 15.1 Å². The SMILES string of the molecule is CN(C)C(=O)c1ccc2c(c1)N(CC(=O)Nc1ccccn1)C(=O)[C@H]1CCCCN21. The summed E-state index contributed by atoms with van der Waals surface area (Å²) in [4.78, 5) is 47.7. The molecule has 8 nitrogen and oxygen atoms in total. The van der Waals surface area contributed by atoms with Crippen LogP contribution < -0.4 is 15.1 Å². The van der Waals surface area contributed by atoms with E-state index in [2.05, 4.69) is 15.2 Å². The van der Waals surface area contributed by atoms with E-state index in [0.717, 1.165) is 31.5 Å². The molecule has 2 aliphatic rings. The van der Waals surface area contributed by atoms with Crippen LogP contribution in [-0.2, 0) is 9.59 Å². The molecule has 3 heterocycles. The third kappa shape index (κ3) is 3.72. The first-order chi connectivity index (χ1) is 14.5. The lowest BCUT2D eigenvalue weighted by molar-refractivity contribution is -0.123. The number of nitrogens with zero attached hydrogens (tertiary/aromatic N) is 4. The van der Waals surface area contributed by atoms with Crippen LogP contribution in [0.3, 0.4) is 0 Å². The highest BCUT2D eigenvalue weighted by Gasteiger charge is 2.40. The summed E-state index contributed by atoms with van der Waals surface area (Å²) in [5, 5.41) is 2.74. The Morgan fingerprint density at radius 2 is 2.00 bits per heavy atom. The van der Waals surface area contributed by atoms with Crippen LogP contribution in [0, 0.1) is 0 Å². The van der Waals surface area contributed by atoms with E-state index in [1.165, 1.54) is 9.80 Å². The second-order valence-electron chi connectivity index (χ2n) is 7.80. The summed E-state index contributed by atoms with van der Waals surface area (Å²) in [7, 11) is 3.37. The molecule has 3 amide bonds. The van der Waals surface area contributed by atoms with Gasteiger partial charge in [0.1, 0.15) is 18.4 Å². The molecule has 0 bridgehead atoms. The molecule has 1 atom stereocenters. The smallest absolute Gasteiger partial charge is 0.253 e. The number of benzene rings is 1. The van der Waals surface area contributed by atoms with Crippen molar-refractivity contribution in [2.45, 2.75) is 25.3 Å². The lowest BCUT2D eigenvalue weighted by atomic mass is 9.95. The number of hydrogen-bond donors (Lipinski definition) is 1. The lowest BCUT2D eigenvalue weighted by Crippen LogP contribution is -2.56. The fourth-order valence-electron chi connectivity index (χ4n) is 4.07. The molecule has 1 N–H and O–H groups in total. The van der Waals surface area contributed by atoms with Crippen LogP contribution in [0.5, 0.6) is 0 Å². The van der Waals surface area contributed by atoms with Crippen molar-refractivity contribution >= 4 is 34.9 Å². The van der Waals surface area contributed by atoms with Crippen molar-refractivity contribution < 1.29 is 14.4 Å². The number of fused-ring (bicyclic) bond motifs is 3. The molecule has 0 saturated carbocycles. The van der Waals surface area contributed by atoms with Gasteiger partial charge in [0.25, 0.3) is 5.91 Å². The van der Waals surface area contributed by atoms with Gasteiger partial charge in [-0.1, -0.05) is 6.07 Å². The second-order valence-corrected chi connectivity index (χ2v) is 7.80. The highest BCUT2D eigenvalue weighted by molar-refractivity contribution is 6.11. The predicted octanol–water partition coefficient (Wildman–Crippen LogP) is 2.13. The zero-order valence-electron chi connectivity index (χ0n) is 17.2. The summed E-state index contributed by atoms with van der Waals surface area (Å²) >= 11 is 0. The zero-order valence-corrected chi connectivity index (χ0v) is 17.2. The number of amides is 3. The highest BCUT2D eigenvalue weighted by atomic mass is 16.2. The number of nitrogens with one attached hydrogen (secondary N) is 1. The molecule has 156 valence electrons. The normalized spacial score (nSPS) is 17.8. The molecule has 1 fully saturated rings. The Morgan fingerprint density at radius 1 is 1.17 bits per heavy atom. The molecule has 2 aliphatic heterocycles. The number of piperidine rings is 1. The van der Waals surface area contributed by atoms with Gasteiger partial charge in [-0.3, -0.25) is 19.3 Å². The van der Waals surface area contributed by atoms with Gasteiger partial charge in [-0.25, -0.2) is 4.98 Å². The Balaban J connectivity index is 1.68. The van der Waals surface area contributed by atoms with E-state index in [0.29, 0.717) is 17.1 Å². The molecule has 4 rings (SSSR count). The first kappa shape index (κ1) is 19.9. The average Bonchev–Trinajstić information content (AvgIpc) is 2.76. The molecule has 0 radical (unpaired) electrons. The van der Waals surface area contributed by atoms with Gasteiger partial charge in [0.2, 0.25) is 11.8 Å². The van der Waals surface area contributed by atoms with E-state index in [-0.39, 0.29) is 30.3 Å². The summed E-state index contributed by atoms with van der Waals surface area (Å²) in [5.74, 6) is -0.152. The van der Waals surface area contributed by atoms with Gasteiger partial charge in [-0.2, -0.15) is 0 Å². The molecule has 8 heteroatoms. The summed E-state index contributed by atoms with van der Waals surface area (Å²) in [5.41, 5.74) is 1.97. The fourth-order valence-corrected chi connectivity index (χ4v) is 4.07. The van der Waals surface area contributed by atoms with Gasteiger partial charge in [0, 0.05) is 32.4 Å². The molecule has 0 spiro atoms. The zero-order chi connectivity index (χ0) is 21.3. The predicted molar refractivity (Wildman–Crippen MR) is 115 cm³/mol. The number of rotatable bonds is 4. The summed E-state index contributed by atoms with van der Waals surface area (Å²) in [6.07, 6.45) is 4.35. The summed E-state index contributed by atoms with van der Waals surface area (Å²) < 4.78 is 0. The minimum atomic E-state index is -0.332.